The number of carbonyl (C=O) groups excluding carboxylic acids is 1. The first-order chi connectivity index (χ1) is 9.58. The van der Waals surface area contributed by atoms with Crippen molar-refractivity contribution in [1.29, 1.82) is 0 Å². The molecule has 0 aromatic rings. The molecule has 1 N–H and O–H groups in total. The summed E-state index contributed by atoms with van der Waals surface area (Å²) in [6.07, 6.45) is 6.56. The quantitative estimate of drug-likeness (QED) is 0.434. The van der Waals surface area contributed by atoms with E-state index in [1.807, 2.05) is 20.8 Å². The van der Waals surface area contributed by atoms with Crippen LogP contribution >= 0.6 is 0 Å². The Balaban J connectivity index is 4.69. The molecule has 20 heavy (non-hydrogen) atoms. The molecule has 0 bridgehead atoms. The predicted octanol–water partition coefficient (Wildman–Crippen LogP) is 4.03. The monoisotopic (exact) mass is 286 g/mol. The number of carbonyl (C=O) groups is 2. The molecule has 2 unspecified atom stereocenters. The largest absolute Gasteiger partial charge is 0.481 e. The molecule has 0 saturated carbocycles. The molecule has 0 rings (SSSR count). The van der Waals surface area contributed by atoms with Crippen LogP contribution in [0.15, 0.2) is 0 Å². The highest BCUT2D eigenvalue weighted by Gasteiger charge is 2.33. The highest BCUT2D eigenvalue weighted by atomic mass is 16.5. The van der Waals surface area contributed by atoms with Crippen LogP contribution in [0, 0.1) is 11.8 Å². The fourth-order valence-electron chi connectivity index (χ4n) is 2.25. The third-order valence-electron chi connectivity index (χ3n) is 3.59. The summed E-state index contributed by atoms with van der Waals surface area (Å²) in [5.41, 5.74) is 0. The molecule has 0 amide bonds. The fourth-order valence-corrected chi connectivity index (χ4v) is 2.25. The van der Waals surface area contributed by atoms with Gasteiger partial charge in [-0.15, -0.1) is 0 Å². The lowest BCUT2D eigenvalue weighted by Gasteiger charge is -2.22. The van der Waals surface area contributed by atoms with Gasteiger partial charge in [0.2, 0.25) is 0 Å². The van der Waals surface area contributed by atoms with E-state index in [1.165, 1.54) is 0 Å². The predicted molar refractivity (Wildman–Crippen MR) is 79.5 cm³/mol. The molecule has 0 heterocycles. The number of rotatable bonds is 12. The number of carboxylic acids is 1. The van der Waals surface area contributed by atoms with Crippen molar-refractivity contribution in [2.45, 2.75) is 72.1 Å². The third kappa shape index (κ3) is 7.51. The van der Waals surface area contributed by atoms with Crippen molar-refractivity contribution in [3.8, 4) is 0 Å². The second-order valence-corrected chi connectivity index (χ2v) is 5.36. The maximum Gasteiger partial charge on any atom is 0.309 e. The Morgan fingerprint density at radius 2 is 1.40 bits per heavy atom. The van der Waals surface area contributed by atoms with E-state index in [0.29, 0.717) is 19.4 Å². The van der Waals surface area contributed by atoms with Gasteiger partial charge in [0.05, 0.1) is 18.4 Å². The smallest absolute Gasteiger partial charge is 0.309 e. The van der Waals surface area contributed by atoms with Crippen LogP contribution in [-0.4, -0.2) is 23.7 Å². The lowest BCUT2D eigenvalue weighted by atomic mass is 9.84. The van der Waals surface area contributed by atoms with Gasteiger partial charge in [-0.05, 0) is 19.3 Å². The zero-order valence-electron chi connectivity index (χ0n) is 13.2. The first-order valence-corrected chi connectivity index (χ1v) is 7.97. The molecule has 0 radical (unpaired) electrons. The minimum Gasteiger partial charge on any atom is -0.481 e. The maximum absolute atomic E-state index is 12.1. The second kappa shape index (κ2) is 11.7. The van der Waals surface area contributed by atoms with Crippen LogP contribution in [0.4, 0.5) is 0 Å². The van der Waals surface area contributed by atoms with Crippen LogP contribution in [-0.2, 0) is 14.3 Å². The van der Waals surface area contributed by atoms with Crippen molar-refractivity contribution >= 4 is 11.9 Å². The minimum absolute atomic E-state index is 0.324. The van der Waals surface area contributed by atoms with Crippen molar-refractivity contribution in [2.24, 2.45) is 11.8 Å². The van der Waals surface area contributed by atoms with E-state index in [0.717, 1.165) is 38.5 Å². The van der Waals surface area contributed by atoms with E-state index in [-0.39, 0.29) is 5.97 Å². The molecular formula is C16H30O4. The highest BCUT2D eigenvalue weighted by molar-refractivity contribution is 5.81. The van der Waals surface area contributed by atoms with E-state index < -0.39 is 17.8 Å². The molecule has 118 valence electrons. The van der Waals surface area contributed by atoms with E-state index in [1.54, 1.807) is 0 Å². The Hall–Kier alpha value is -1.06. The first-order valence-electron chi connectivity index (χ1n) is 7.97. The molecule has 2 atom stereocenters. The molecule has 0 aliphatic rings. The minimum atomic E-state index is -0.869. The molecule has 0 aliphatic heterocycles. The summed E-state index contributed by atoms with van der Waals surface area (Å²) in [6.45, 7) is 6.50. The summed E-state index contributed by atoms with van der Waals surface area (Å²) in [6, 6.07) is 0. The topological polar surface area (TPSA) is 63.6 Å². The molecule has 0 saturated heterocycles. The van der Waals surface area contributed by atoms with E-state index >= 15 is 0 Å². The summed E-state index contributed by atoms with van der Waals surface area (Å²) in [7, 11) is 0. The third-order valence-corrected chi connectivity index (χ3v) is 3.59. The van der Waals surface area contributed by atoms with Crippen molar-refractivity contribution in [1.82, 2.24) is 0 Å². The number of carboxylic acid groups (broad SMARTS) is 1. The number of hydrogen-bond donors (Lipinski definition) is 1. The van der Waals surface area contributed by atoms with E-state index in [2.05, 4.69) is 0 Å². The lowest BCUT2D eigenvalue weighted by Crippen LogP contribution is -2.31. The number of unbranched alkanes of at least 4 members (excludes halogenated alkanes) is 3. The number of ether oxygens (including phenoxy) is 1. The summed E-state index contributed by atoms with van der Waals surface area (Å²) >= 11 is 0. The van der Waals surface area contributed by atoms with E-state index in [9.17, 15) is 14.7 Å². The van der Waals surface area contributed by atoms with Crippen molar-refractivity contribution < 1.29 is 19.4 Å². The van der Waals surface area contributed by atoms with Crippen LogP contribution in [0.5, 0.6) is 0 Å². The van der Waals surface area contributed by atoms with Gasteiger partial charge in [-0.1, -0.05) is 52.9 Å². The summed E-state index contributed by atoms with van der Waals surface area (Å²) < 4.78 is 5.25. The zero-order chi connectivity index (χ0) is 15.4. The molecule has 0 aliphatic carbocycles. The molecule has 0 aromatic heterocycles. The lowest BCUT2D eigenvalue weighted by molar-refractivity contribution is -0.158. The average molecular weight is 286 g/mol. The summed E-state index contributed by atoms with van der Waals surface area (Å²) in [4.78, 5) is 23.6. The molecule has 4 heteroatoms. The van der Waals surface area contributed by atoms with Gasteiger partial charge in [-0.2, -0.15) is 0 Å². The van der Waals surface area contributed by atoms with Crippen LogP contribution in [0.1, 0.15) is 72.1 Å². The van der Waals surface area contributed by atoms with Crippen molar-refractivity contribution in [3.63, 3.8) is 0 Å². The Bertz CT molecular complexity index is 276. The van der Waals surface area contributed by atoms with Gasteiger partial charge in [0.25, 0.3) is 0 Å². The SMILES string of the molecule is CCCCOC(=O)C(CCCC)C(CCCC)C(=O)O. The van der Waals surface area contributed by atoms with Crippen molar-refractivity contribution in [2.75, 3.05) is 6.61 Å². The van der Waals surface area contributed by atoms with Gasteiger partial charge in [0, 0.05) is 0 Å². The van der Waals surface area contributed by atoms with Gasteiger partial charge < -0.3 is 9.84 Å². The Labute approximate surface area is 122 Å². The van der Waals surface area contributed by atoms with Gasteiger partial charge in [0.1, 0.15) is 0 Å². The van der Waals surface area contributed by atoms with Crippen LogP contribution in [0.3, 0.4) is 0 Å². The second-order valence-electron chi connectivity index (χ2n) is 5.36. The average Bonchev–Trinajstić information content (AvgIpc) is 2.42. The van der Waals surface area contributed by atoms with Gasteiger partial charge in [0.15, 0.2) is 0 Å². The standard InChI is InChI=1S/C16H30O4/c1-4-7-10-13(15(17)18)14(11-8-5-2)16(19)20-12-9-6-3/h13-14H,4-12H2,1-3H3,(H,17,18). The maximum atomic E-state index is 12.1. The Morgan fingerprint density at radius 3 is 1.85 bits per heavy atom. The first kappa shape index (κ1) is 18.9. The molecule has 4 nitrogen and oxygen atoms in total. The van der Waals surface area contributed by atoms with Crippen LogP contribution in [0.2, 0.25) is 0 Å². The van der Waals surface area contributed by atoms with Gasteiger partial charge in [-0.3, -0.25) is 9.59 Å². The molecule has 0 aromatic carbocycles. The van der Waals surface area contributed by atoms with Gasteiger partial charge in [-0.25, -0.2) is 0 Å². The normalized spacial score (nSPS) is 13.8. The highest BCUT2D eigenvalue weighted by Crippen LogP contribution is 2.26. The summed E-state index contributed by atoms with van der Waals surface area (Å²) in [5.74, 6) is -2.28. The molecule has 0 fully saturated rings. The van der Waals surface area contributed by atoms with E-state index in [4.69, 9.17) is 4.74 Å². The van der Waals surface area contributed by atoms with Crippen molar-refractivity contribution in [3.05, 3.63) is 0 Å². The zero-order valence-corrected chi connectivity index (χ0v) is 13.2. The van der Waals surface area contributed by atoms with Crippen LogP contribution < -0.4 is 0 Å². The number of esters is 1. The molecular weight excluding hydrogens is 256 g/mol. The molecule has 0 spiro atoms. The van der Waals surface area contributed by atoms with Gasteiger partial charge >= 0.3 is 11.9 Å². The Kier molecular flexibility index (Phi) is 11.1. The Morgan fingerprint density at radius 1 is 0.900 bits per heavy atom. The fraction of sp³-hybridized carbons (Fsp3) is 0.875. The summed E-state index contributed by atoms with van der Waals surface area (Å²) in [5, 5.41) is 9.38. The van der Waals surface area contributed by atoms with Crippen LogP contribution in [0.25, 0.3) is 0 Å². The number of hydrogen-bond acceptors (Lipinski definition) is 3. The number of aliphatic carboxylic acids is 1.